The Morgan fingerprint density at radius 1 is 1.25 bits per heavy atom. The number of rotatable bonds is 2. The van der Waals surface area contributed by atoms with Gasteiger partial charge in [-0.3, -0.25) is 9.78 Å². The summed E-state index contributed by atoms with van der Waals surface area (Å²) in [4.78, 5) is 21.6. The van der Waals surface area contributed by atoms with Crippen molar-refractivity contribution in [2.75, 3.05) is 33.2 Å². The molecule has 0 aromatic carbocycles. The number of hydrogen-bond acceptors (Lipinski definition) is 6. The number of carbonyl (C=O) groups excluding carboxylic acids is 1. The van der Waals surface area contributed by atoms with Gasteiger partial charge in [0.25, 0.3) is 5.91 Å². The molecule has 0 bridgehead atoms. The smallest absolute Gasteiger partial charge is 0.265 e. The van der Waals surface area contributed by atoms with E-state index in [0.29, 0.717) is 23.9 Å². The van der Waals surface area contributed by atoms with Crippen LogP contribution in [0.15, 0.2) is 11.7 Å². The van der Waals surface area contributed by atoms with Gasteiger partial charge < -0.3 is 14.4 Å². The molecule has 1 amide bonds. The second-order valence-electron chi connectivity index (χ2n) is 6.64. The van der Waals surface area contributed by atoms with E-state index in [1.165, 1.54) is 24.2 Å². The van der Waals surface area contributed by atoms with Crippen LogP contribution in [-0.2, 0) is 13.0 Å². The number of amides is 1. The minimum Gasteiger partial charge on any atom is -0.336 e. The largest absolute Gasteiger partial charge is 0.336 e. The van der Waals surface area contributed by atoms with Crippen molar-refractivity contribution in [2.24, 2.45) is 0 Å². The molecule has 2 aromatic heterocycles. The Labute approximate surface area is 145 Å². The average molecular weight is 346 g/mol. The zero-order chi connectivity index (χ0) is 16.5. The molecule has 8 heteroatoms. The van der Waals surface area contributed by atoms with Gasteiger partial charge in [-0.1, -0.05) is 0 Å². The Bertz CT molecular complexity index is 712. The van der Waals surface area contributed by atoms with Gasteiger partial charge in [0.15, 0.2) is 0 Å². The van der Waals surface area contributed by atoms with Crippen LogP contribution in [0.1, 0.15) is 40.1 Å². The molecular weight excluding hydrogens is 324 g/mol. The highest BCUT2D eigenvalue weighted by atomic mass is 32.1. The molecule has 0 saturated carbocycles. The highest BCUT2D eigenvalue weighted by Crippen LogP contribution is 2.26. The minimum absolute atomic E-state index is 0.0789. The van der Waals surface area contributed by atoms with Gasteiger partial charge in [-0.25, -0.2) is 0 Å². The van der Waals surface area contributed by atoms with Crippen LogP contribution in [0.2, 0.25) is 0 Å². The Morgan fingerprint density at radius 3 is 2.96 bits per heavy atom. The Hall–Kier alpha value is -1.80. The topological polar surface area (TPSA) is 67.2 Å². The van der Waals surface area contributed by atoms with Crippen molar-refractivity contribution >= 4 is 17.2 Å². The number of aromatic nitrogens is 4. The van der Waals surface area contributed by atoms with Crippen LogP contribution in [0.4, 0.5) is 0 Å². The van der Waals surface area contributed by atoms with Crippen LogP contribution in [0.5, 0.6) is 0 Å². The molecule has 4 rings (SSSR count). The highest BCUT2D eigenvalue weighted by Gasteiger charge is 2.28. The third-order valence-electron chi connectivity index (χ3n) is 4.97. The standard InChI is InChI=1S/C16H22N6OS/c1-20-5-2-3-12(10-20)15-19-18-14-4-6-21(7-8-22(14)15)16(23)13-9-17-11-24-13/h9,11-12H,2-8,10H2,1H3. The first kappa shape index (κ1) is 15.7. The minimum atomic E-state index is 0.0789. The predicted octanol–water partition coefficient (Wildman–Crippen LogP) is 1.24. The van der Waals surface area contributed by atoms with Crippen molar-refractivity contribution in [2.45, 2.75) is 31.7 Å². The first-order chi connectivity index (χ1) is 11.7. The number of likely N-dealkylation sites (N-methyl/N-ethyl adjacent to an activating group) is 1. The molecule has 0 spiro atoms. The lowest BCUT2D eigenvalue weighted by molar-refractivity contribution is 0.0763. The van der Waals surface area contributed by atoms with E-state index in [9.17, 15) is 4.79 Å². The summed E-state index contributed by atoms with van der Waals surface area (Å²) in [5.74, 6) is 2.64. The third-order valence-corrected chi connectivity index (χ3v) is 5.74. The number of nitrogens with zero attached hydrogens (tertiary/aromatic N) is 6. The number of fused-ring (bicyclic) bond motifs is 1. The summed E-state index contributed by atoms with van der Waals surface area (Å²) in [6, 6.07) is 0. The molecule has 1 unspecified atom stereocenters. The first-order valence-corrected chi connectivity index (χ1v) is 9.38. The zero-order valence-electron chi connectivity index (χ0n) is 13.9. The van der Waals surface area contributed by atoms with E-state index < -0.39 is 0 Å². The van der Waals surface area contributed by atoms with Gasteiger partial charge >= 0.3 is 0 Å². The van der Waals surface area contributed by atoms with Crippen LogP contribution < -0.4 is 0 Å². The molecule has 2 aliphatic heterocycles. The predicted molar refractivity (Wildman–Crippen MR) is 91.2 cm³/mol. The van der Waals surface area contributed by atoms with Crippen LogP contribution in [0.25, 0.3) is 0 Å². The highest BCUT2D eigenvalue weighted by molar-refractivity contribution is 7.11. The van der Waals surface area contributed by atoms with E-state index in [1.807, 2.05) is 4.90 Å². The van der Waals surface area contributed by atoms with Crippen LogP contribution >= 0.6 is 11.3 Å². The van der Waals surface area contributed by atoms with Crippen molar-refractivity contribution in [3.05, 3.63) is 28.2 Å². The molecule has 0 N–H and O–H groups in total. The van der Waals surface area contributed by atoms with E-state index in [-0.39, 0.29) is 5.91 Å². The maximum Gasteiger partial charge on any atom is 0.265 e. The summed E-state index contributed by atoms with van der Waals surface area (Å²) < 4.78 is 2.25. The van der Waals surface area contributed by atoms with Crippen molar-refractivity contribution in [3.8, 4) is 0 Å². The van der Waals surface area contributed by atoms with E-state index in [2.05, 4.69) is 31.7 Å². The van der Waals surface area contributed by atoms with Crippen LogP contribution in [0.3, 0.4) is 0 Å². The molecule has 128 valence electrons. The van der Waals surface area contributed by atoms with Crippen molar-refractivity contribution < 1.29 is 4.79 Å². The number of thiazole rings is 1. The molecule has 0 aliphatic carbocycles. The second kappa shape index (κ2) is 6.60. The van der Waals surface area contributed by atoms with Gasteiger partial charge in [-0.15, -0.1) is 21.5 Å². The first-order valence-electron chi connectivity index (χ1n) is 8.50. The van der Waals surface area contributed by atoms with Crippen molar-refractivity contribution in [1.29, 1.82) is 0 Å². The van der Waals surface area contributed by atoms with Gasteiger partial charge in [0, 0.05) is 38.5 Å². The number of carbonyl (C=O) groups is 1. The number of hydrogen-bond donors (Lipinski definition) is 0. The average Bonchev–Trinajstić information content (AvgIpc) is 3.21. The molecule has 1 saturated heterocycles. The van der Waals surface area contributed by atoms with Gasteiger partial charge in [0.05, 0.1) is 11.7 Å². The number of piperidine rings is 1. The molecule has 0 radical (unpaired) electrons. The Kier molecular flexibility index (Phi) is 4.32. The monoisotopic (exact) mass is 346 g/mol. The molecular formula is C16H22N6OS. The summed E-state index contributed by atoms with van der Waals surface area (Å²) in [5, 5.41) is 8.91. The van der Waals surface area contributed by atoms with E-state index in [1.54, 1.807) is 11.7 Å². The molecule has 2 aromatic rings. The maximum absolute atomic E-state index is 12.6. The fourth-order valence-corrected chi connectivity index (χ4v) is 4.29. The quantitative estimate of drug-likeness (QED) is 0.818. The van der Waals surface area contributed by atoms with Crippen LogP contribution in [-0.4, -0.2) is 68.7 Å². The summed E-state index contributed by atoms with van der Waals surface area (Å²) >= 11 is 1.40. The lowest BCUT2D eigenvalue weighted by Crippen LogP contribution is -2.34. The van der Waals surface area contributed by atoms with Gasteiger partial charge in [0.2, 0.25) is 0 Å². The number of likely N-dealkylation sites (tertiary alicyclic amines) is 1. The third kappa shape index (κ3) is 2.95. The van der Waals surface area contributed by atoms with Gasteiger partial charge in [0.1, 0.15) is 16.5 Å². The molecule has 1 atom stereocenters. The summed E-state index contributed by atoms with van der Waals surface area (Å²) in [6.07, 6.45) is 4.80. The van der Waals surface area contributed by atoms with Gasteiger partial charge in [-0.2, -0.15) is 0 Å². The SMILES string of the molecule is CN1CCCC(c2nnc3n2CCN(C(=O)c2cncs2)CC3)C1. The maximum atomic E-state index is 12.6. The zero-order valence-corrected chi connectivity index (χ0v) is 14.7. The summed E-state index contributed by atoms with van der Waals surface area (Å²) in [7, 11) is 2.17. The van der Waals surface area contributed by atoms with Crippen molar-refractivity contribution in [1.82, 2.24) is 29.5 Å². The Balaban J connectivity index is 1.50. The van der Waals surface area contributed by atoms with E-state index in [0.717, 1.165) is 37.7 Å². The molecule has 4 heterocycles. The van der Waals surface area contributed by atoms with E-state index >= 15 is 0 Å². The Morgan fingerprint density at radius 2 is 2.17 bits per heavy atom. The molecule has 2 aliphatic rings. The molecule has 24 heavy (non-hydrogen) atoms. The fraction of sp³-hybridized carbons (Fsp3) is 0.625. The summed E-state index contributed by atoms with van der Waals surface area (Å²) in [6.45, 7) is 4.38. The second-order valence-corrected chi connectivity index (χ2v) is 7.52. The van der Waals surface area contributed by atoms with Gasteiger partial charge in [-0.05, 0) is 26.4 Å². The van der Waals surface area contributed by atoms with Crippen molar-refractivity contribution in [3.63, 3.8) is 0 Å². The fourth-order valence-electron chi connectivity index (χ4n) is 3.70. The lowest BCUT2D eigenvalue weighted by atomic mass is 9.97. The lowest BCUT2D eigenvalue weighted by Gasteiger charge is -2.29. The normalized spacial score (nSPS) is 22.2. The summed E-state index contributed by atoms with van der Waals surface area (Å²) in [5.41, 5.74) is 1.71. The molecule has 7 nitrogen and oxygen atoms in total. The van der Waals surface area contributed by atoms with Crippen LogP contribution in [0, 0.1) is 0 Å². The molecule has 1 fully saturated rings. The van der Waals surface area contributed by atoms with E-state index in [4.69, 9.17) is 0 Å².